The van der Waals surface area contributed by atoms with E-state index in [9.17, 15) is 4.79 Å². The molecule has 1 saturated heterocycles. The van der Waals surface area contributed by atoms with Gasteiger partial charge in [-0.15, -0.1) is 0 Å². The number of amides is 1. The molecule has 1 atom stereocenters. The quantitative estimate of drug-likeness (QED) is 0.321. The standard InChI is InChI=1S/C33H42N4O3/c1-4-35-18-20-36(21-19-35)30-13-8-12-27-28(30)24-37(33(27)38)29(26-15-16-31(39-2)32(22-26)40-3)14-9-17-34-23-25-10-6-5-7-11-25/h5-8,10-13,15-16,22,29,34H,4,9,14,17-21,23-24H2,1-3H3/t29-/m1/s1. The molecule has 0 spiro atoms. The summed E-state index contributed by atoms with van der Waals surface area (Å²) in [6, 6.07) is 22.7. The van der Waals surface area contributed by atoms with Crippen LogP contribution in [-0.2, 0) is 13.1 Å². The van der Waals surface area contributed by atoms with Gasteiger partial charge in [-0.1, -0.05) is 49.4 Å². The monoisotopic (exact) mass is 542 g/mol. The van der Waals surface area contributed by atoms with Crippen LogP contribution in [0.15, 0.2) is 66.7 Å². The number of nitrogens with zero attached hydrogens (tertiary/aromatic N) is 3. The van der Waals surface area contributed by atoms with Crippen molar-refractivity contribution in [3.63, 3.8) is 0 Å². The molecule has 3 aromatic carbocycles. The van der Waals surface area contributed by atoms with Gasteiger partial charge in [0.25, 0.3) is 5.91 Å². The number of nitrogens with one attached hydrogen (secondary N) is 1. The van der Waals surface area contributed by atoms with Crippen molar-refractivity contribution in [3.8, 4) is 11.5 Å². The number of rotatable bonds is 12. The Morgan fingerprint density at radius 1 is 0.900 bits per heavy atom. The molecule has 3 aromatic rings. The van der Waals surface area contributed by atoms with Crippen LogP contribution < -0.4 is 19.7 Å². The number of carbonyl (C=O) groups excluding carboxylic acids is 1. The molecule has 7 heteroatoms. The van der Waals surface area contributed by atoms with Gasteiger partial charge < -0.3 is 29.5 Å². The third kappa shape index (κ3) is 6.11. The number of fused-ring (bicyclic) bond motifs is 1. The lowest BCUT2D eigenvalue weighted by molar-refractivity contribution is 0.0689. The average Bonchev–Trinajstić information content (AvgIpc) is 3.35. The van der Waals surface area contributed by atoms with E-state index in [4.69, 9.17) is 9.47 Å². The first kappa shape index (κ1) is 28.0. The van der Waals surface area contributed by atoms with Crippen LogP contribution in [0.5, 0.6) is 11.5 Å². The van der Waals surface area contributed by atoms with Crippen LogP contribution in [-0.4, -0.2) is 69.2 Å². The molecule has 1 N–H and O–H groups in total. The zero-order valence-electron chi connectivity index (χ0n) is 24.1. The third-order valence-corrected chi connectivity index (χ3v) is 8.30. The topological polar surface area (TPSA) is 57.3 Å². The fourth-order valence-electron chi connectivity index (χ4n) is 6.00. The van der Waals surface area contributed by atoms with E-state index < -0.39 is 0 Å². The first-order valence-electron chi connectivity index (χ1n) is 14.5. The summed E-state index contributed by atoms with van der Waals surface area (Å²) in [5.74, 6) is 1.49. The number of carbonyl (C=O) groups is 1. The maximum absolute atomic E-state index is 13.9. The highest BCUT2D eigenvalue weighted by atomic mass is 16.5. The van der Waals surface area contributed by atoms with Crippen LogP contribution >= 0.6 is 0 Å². The molecule has 40 heavy (non-hydrogen) atoms. The molecule has 7 nitrogen and oxygen atoms in total. The number of anilines is 1. The molecule has 0 radical (unpaired) electrons. The molecule has 1 fully saturated rings. The van der Waals surface area contributed by atoms with Crippen molar-refractivity contribution >= 4 is 11.6 Å². The van der Waals surface area contributed by atoms with E-state index in [2.05, 4.69) is 63.3 Å². The molecular formula is C33H42N4O3. The van der Waals surface area contributed by atoms with Crippen LogP contribution in [0, 0.1) is 0 Å². The van der Waals surface area contributed by atoms with E-state index in [0.717, 1.165) is 75.3 Å². The number of hydrogen-bond acceptors (Lipinski definition) is 6. The number of benzene rings is 3. The summed E-state index contributed by atoms with van der Waals surface area (Å²) in [6.07, 6.45) is 1.79. The molecule has 212 valence electrons. The van der Waals surface area contributed by atoms with Crippen molar-refractivity contribution in [2.75, 3.05) is 58.4 Å². The number of methoxy groups -OCH3 is 2. The van der Waals surface area contributed by atoms with Crippen LogP contribution in [0.3, 0.4) is 0 Å². The van der Waals surface area contributed by atoms with Crippen molar-refractivity contribution in [1.82, 2.24) is 15.1 Å². The number of likely N-dealkylation sites (N-methyl/N-ethyl adjacent to an activating group) is 1. The Morgan fingerprint density at radius 2 is 1.68 bits per heavy atom. The summed E-state index contributed by atoms with van der Waals surface area (Å²) < 4.78 is 11.1. The van der Waals surface area contributed by atoms with Crippen molar-refractivity contribution in [2.45, 2.75) is 38.9 Å². The second-order valence-corrected chi connectivity index (χ2v) is 10.6. The molecule has 0 bridgehead atoms. The van der Waals surface area contributed by atoms with E-state index in [1.165, 1.54) is 11.3 Å². The number of ether oxygens (including phenoxy) is 2. The SMILES string of the molecule is CCN1CCN(c2cccc3c2CN([C@H](CCCNCc2ccccc2)c2ccc(OC)c(OC)c2)C3=O)CC1. The fraction of sp³-hybridized carbons (Fsp3) is 0.424. The minimum atomic E-state index is -0.0666. The van der Waals surface area contributed by atoms with Crippen molar-refractivity contribution in [3.05, 3.63) is 89.0 Å². The predicted octanol–water partition coefficient (Wildman–Crippen LogP) is 5.11. The van der Waals surface area contributed by atoms with Gasteiger partial charge in [0, 0.05) is 56.1 Å². The van der Waals surface area contributed by atoms with Gasteiger partial charge in [0.05, 0.1) is 20.3 Å². The Morgan fingerprint density at radius 3 is 2.40 bits per heavy atom. The van der Waals surface area contributed by atoms with Crippen LogP contribution in [0.2, 0.25) is 0 Å². The van der Waals surface area contributed by atoms with Crippen LogP contribution in [0.1, 0.15) is 52.9 Å². The van der Waals surface area contributed by atoms with Gasteiger partial charge >= 0.3 is 0 Å². The normalized spacial score (nSPS) is 16.2. The van der Waals surface area contributed by atoms with Gasteiger partial charge in [-0.3, -0.25) is 4.79 Å². The molecule has 0 aliphatic carbocycles. The summed E-state index contributed by atoms with van der Waals surface area (Å²) in [5, 5.41) is 3.57. The van der Waals surface area contributed by atoms with Gasteiger partial charge in [0.15, 0.2) is 11.5 Å². The van der Waals surface area contributed by atoms with Crippen LogP contribution in [0.4, 0.5) is 5.69 Å². The van der Waals surface area contributed by atoms with Crippen molar-refractivity contribution in [1.29, 1.82) is 0 Å². The Hall–Kier alpha value is -3.55. The molecule has 0 unspecified atom stereocenters. The molecule has 5 rings (SSSR count). The van der Waals surface area contributed by atoms with Gasteiger partial charge in [-0.2, -0.15) is 0 Å². The summed E-state index contributed by atoms with van der Waals surface area (Å²) in [6.45, 7) is 9.73. The van der Waals surface area contributed by atoms with E-state index in [1.807, 2.05) is 30.3 Å². The Balaban J connectivity index is 1.35. The maximum atomic E-state index is 13.9. The third-order valence-electron chi connectivity index (χ3n) is 8.30. The second-order valence-electron chi connectivity index (χ2n) is 10.6. The molecule has 2 aliphatic heterocycles. The Labute approximate surface area is 238 Å². The Bertz CT molecular complexity index is 1270. The molecular weight excluding hydrogens is 500 g/mol. The summed E-state index contributed by atoms with van der Waals surface area (Å²) >= 11 is 0. The molecule has 0 saturated carbocycles. The number of piperazine rings is 1. The molecule has 1 amide bonds. The zero-order valence-corrected chi connectivity index (χ0v) is 24.1. The average molecular weight is 543 g/mol. The minimum absolute atomic E-state index is 0.0666. The summed E-state index contributed by atoms with van der Waals surface area (Å²) in [5.41, 5.74) is 5.55. The van der Waals surface area contributed by atoms with Crippen molar-refractivity contribution in [2.24, 2.45) is 0 Å². The molecule has 0 aromatic heterocycles. The lowest BCUT2D eigenvalue weighted by atomic mass is 9.99. The summed E-state index contributed by atoms with van der Waals surface area (Å²) in [7, 11) is 3.31. The smallest absolute Gasteiger partial charge is 0.255 e. The molecule has 2 aliphatic rings. The van der Waals surface area contributed by atoms with Crippen molar-refractivity contribution < 1.29 is 14.3 Å². The highest BCUT2D eigenvalue weighted by molar-refractivity contribution is 6.00. The van der Waals surface area contributed by atoms with Gasteiger partial charge in [-0.05, 0) is 61.3 Å². The molecule has 2 heterocycles. The highest BCUT2D eigenvalue weighted by Gasteiger charge is 2.36. The minimum Gasteiger partial charge on any atom is -0.493 e. The van der Waals surface area contributed by atoms with Gasteiger partial charge in [0.2, 0.25) is 0 Å². The van der Waals surface area contributed by atoms with Crippen LogP contribution in [0.25, 0.3) is 0 Å². The lowest BCUT2D eigenvalue weighted by Gasteiger charge is -2.36. The first-order chi connectivity index (χ1) is 19.6. The van der Waals surface area contributed by atoms with Gasteiger partial charge in [0.1, 0.15) is 0 Å². The Kier molecular flexibility index (Phi) is 9.24. The fourth-order valence-corrected chi connectivity index (χ4v) is 6.00. The van der Waals surface area contributed by atoms with E-state index in [-0.39, 0.29) is 11.9 Å². The van der Waals surface area contributed by atoms with E-state index >= 15 is 0 Å². The maximum Gasteiger partial charge on any atom is 0.255 e. The largest absolute Gasteiger partial charge is 0.493 e. The second kappa shape index (κ2) is 13.2. The van der Waals surface area contributed by atoms with Gasteiger partial charge in [-0.25, -0.2) is 0 Å². The highest BCUT2D eigenvalue weighted by Crippen LogP contribution is 2.40. The van der Waals surface area contributed by atoms with E-state index in [1.54, 1.807) is 14.2 Å². The lowest BCUT2D eigenvalue weighted by Crippen LogP contribution is -2.46. The predicted molar refractivity (Wildman–Crippen MR) is 160 cm³/mol. The first-order valence-corrected chi connectivity index (χ1v) is 14.5. The zero-order chi connectivity index (χ0) is 27.9. The van der Waals surface area contributed by atoms with E-state index in [0.29, 0.717) is 18.0 Å². The number of hydrogen-bond donors (Lipinski definition) is 1. The summed E-state index contributed by atoms with van der Waals surface area (Å²) in [4.78, 5) is 20.9.